The van der Waals surface area contributed by atoms with Gasteiger partial charge in [0, 0.05) is 11.6 Å². The van der Waals surface area contributed by atoms with Crippen LogP contribution in [0.4, 0.5) is 0 Å². The molecule has 3 rings (SSSR count). The number of benzene rings is 2. The number of hydrogen-bond acceptors (Lipinski definition) is 3. The van der Waals surface area contributed by atoms with E-state index in [2.05, 4.69) is 9.88 Å². The Labute approximate surface area is 122 Å². The molecule has 1 aromatic heterocycles. The van der Waals surface area contributed by atoms with Crippen molar-refractivity contribution >= 4 is 22.7 Å². The van der Waals surface area contributed by atoms with Crippen LogP contribution in [0.3, 0.4) is 0 Å². The van der Waals surface area contributed by atoms with E-state index in [1.54, 1.807) is 0 Å². The van der Waals surface area contributed by atoms with Crippen molar-refractivity contribution in [3.8, 4) is 0 Å². The van der Waals surface area contributed by atoms with Crippen LogP contribution in [0.2, 0.25) is 5.02 Å². The Bertz CT molecular complexity index is 673. The number of fused-ring (bicyclic) bond motifs is 1. The summed E-state index contributed by atoms with van der Waals surface area (Å²) in [6, 6.07) is 15.7. The number of nitrogens with zero attached hydrogens (tertiary/aromatic N) is 2. The molecule has 0 spiro atoms. The number of halogens is 1. The summed E-state index contributed by atoms with van der Waals surface area (Å²) in [5.41, 5.74) is 2.96. The Balaban J connectivity index is 1.69. The minimum absolute atomic E-state index is 0.678. The molecule has 0 atom stereocenters. The highest BCUT2D eigenvalue weighted by Gasteiger charge is 2.08. The summed E-state index contributed by atoms with van der Waals surface area (Å²) < 4.78 is 5.72. The van der Waals surface area contributed by atoms with Crippen LogP contribution in [0.5, 0.6) is 0 Å². The first-order valence-corrected chi connectivity index (χ1v) is 6.86. The molecule has 1 heterocycles. The third kappa shape index (κ3) is 3.00. The van der Waals surface area contributed by atoms with Crippen LogP contribution in [-0.2, 0) is 13.1 Å². The van der Waals surface area contributed by atoms with Crippen molar-refractivity contribution in [3.05, 3.63) is 65.0 Å². The van der Waals surface area contributed by atoms with Crippen molar-refractivity contribution in [1.82, 2.24) is 9.88 Å². The molecule has 0 aliphatic carbocycles. The molecule has 3 nitrogen and oxygen atoms in total. The first-order valence-electron chi connectivity index (χ1n) is 6.48. The Kier molecular flexibility index (Phi) is 3.72. The first-order chi connectivity index (χ1) is 9.70. The van der Waals surface area contributed by atoms with Crippen molar-refractivity contribution < 1.29 is 4.42 Å². The fourth-order valence-corrected chi connectivity index (χ4v) is 2.30. The van der Waals surface area contributed by atoms with E-state index in [-0.39, 0.29) is 0 Å². The van der Waals surface area contributed by atoms with Crippen LogP contribution in [0.25, 0.3) is 11.1 Å². The van der Waals surface area contributed by atoms with E-state index >= 15 is 0 Å². The number of para-hydroxylation sites is 2. The Hall–Kier alpha value is -1.84. The molecule has 3 aromatic rings. The Morgan fingerprint density at radius 3 is 2.55 bits per heavy atom. The maximum Gasteiger partial charge on any atom is 0.209 e. The summed E-state index contributed by atoms with van der Waals surface area (Å²) in [5.74, 6) is 0.739. The quantitative estimate of drug-likeness (QED) is 0.723. The van der Waals surface area contributed by atoms with Gasteiger partial charge < -0.3 is 4.42 Å². The predicted molar refractivity (Wildman–Crippen MR) is 80.6 cm³/mol. The molecule has 102 valence electrons. The van der Waals surface area contributed by atoms with Gasteiger partial charge in [0.2, 0.25) is 5.89 Å². The van der Waals surface area contributed by atoms with Crippen molar-refractivity contribution in [2.45, 2.75) is 13.1 Å². The van der Waals surface area contributed by atoms with Crippen molar-refractivity contribution in [3.63, 3.8) is 0 Å². The monoisotopic (exact) mass is 286 g/mol. The van der Waals surface area contributed by atoms with Crippen LogP contribution in [0, 0.1) is 0 Å². The van der Waals surface area contributed by atoms with Gasteiger partial charge in [0.25, 0.3) is 0 Å². The highest BCUT2D eigenvalue weighted by atomic mass is 35.5. The van der Waals surface area contributed by atoms with Gasteiger partial charge >= 0.3 is 0 Å². The largest absolute Gasteiger partial charge is 0.439 e. The van der Waals surface area contributed by atoms with Gasteiger partial charge in [-0.1, -0.05) is 35.9 Å². The third-order valence-corrected chi connectivity index (χ3v) is 3.36. The van der Waals surface area contributed by atoms with Gasteiger partial charge in [-0.15, -0.1) is 0 Å². The maximum absolute atomic E-state index is 5.88. The van der Waals surface area contributed by atoms with Crippen molar-refractivity contribution in [2.75, 3.05) is 7.05 Å². The zero-order chi connectivity index (χ0) is 13.9. The SMILES string of the molecule is CN(Cc1ccc(Cl)cc1)Cc1nc2ccccc2o1. The number of hydrogen-bond donors (Lipinski definition) is 0. The lowest BCUT2D eigenvalue weighted by atomic mass is 10.2. The van der Waals surface area contributed by atoms with Gasteiger partial charge in [-0.2, -0.15) is 0 Å². The second-order valence-corrected chi connectivity index (χ2v) is 5.31. The van der Waals surface area contributed by atoms with Gasteiger partial charge in [-0.25, -0.2) is 4.98 Å². The van der Waals surface area contributed by atoms with Crippen LogP contribution >= 0.6 is 11.6 Å². The zero-order valence-electron chi connectivity index (χ0n) is 11.2. The summed E-state index contributed by atoms with van der Waals surface area (Å²) in [4.78, 5) is 6.64. The van der Waals surface area contributed by atoms with Crippen LogP contribution in [-0.4, -0.2) is 16.9 Å². The minimum atomic E-state index is 0.678. The van der Waals surface area contributed by atoms with E-state index < -0.39 is 0 Å². The zero-order valence-corrected chi connectivity index (χ0v) is 12.0. The van der Waals surface area contributed by atoms with Crippen molar-refractivity contribution in [1.29, 1.82) is 0 Å². The molecule has 2 aromatic carbocycles. The molecule has 0 aliphatic rings. The lowest BCUT2D eigenvalue weighted by molar-refractivity contribution is 0.285. The first kappa shape index (κ1) is 13.2. The Morgan fingerprint density at radius 1 is 1.05 bits per heavy atom. The number of rotatable bonds is 4. The highest BCUT2D eigenvalue weighted by molar-refractivity contribution is 6.30. The van der Waals surface area contributed by atoms with Gasteiger partial charge in [-0.05, 0) is 36.9 Å². The van der Waals surface area contributed by atoms with E-state index in [1.807, 2.05) is 55.6 Å². The summed E-state index contributed by atoms with van der Waals surface area (Å²) in [6.07, 6.45) is 0. The van der Waals surface area contributed by atoms with E-state index in [1.165, 1.54) is 5.56 Å². The molecule has 0 N–H and O–H groups in total. The highest BCUT2D eigenvalue weighted by Crippen LogP contribution is 2.17. The second-order valence-electron chi connectivity index (χ2n) is 4.87. The summed E-state index contributed by atoms with van der Waals surface area (Å²) in [7, 11) is 2.05. The Morgan fingerprint density at radius 2 is 1.80 bits per heavy atom. The fourth-order valence-electron chi connectivity index (χ4n) is 2.18. The predicted octanol–water partition coefficient (Wildman–Crippen LogP) is 4.11. The molecule has 0 unspecified atom stereocenters. The molecule has 0 fully saturated rings. The lowest BCUT2D eigenvalue weighted by Crippen LogP contribution is -2.17. The standard InChI is InChI=1S/C16H15ClN2O/c1-19(10-12-6-8-13(17)9-7-12)11-16-18-14-4-2-3-5-15(14)20-16/h2-9H,10-11H2,1H3. The lowest BCUT2D eigenvalue weighted by Gasteiger charge is -2.14. The van der Waals surface area contributed by atoms with Gasteiger partial charge in [-0.3, -0.25) is 4.90 Å². The third-order valence-electron chi connectivity index (χ3n) is 3.11. The molecule has 0 bridgehead atoms. The minimum Gasteiger partial charge on any atom is -0.439 e. The van der Waals surface area contributed by atoms with E-state index in [9.17, 15) is 0 Å². The normalized spacial score (nSPS) is 11.3. The number of aromatic nitrogens is 1. The number of oxazole rings is 1. The average Bonchev–Trinajstić information content (AvgIpc) is 2.83. The molecule has 0 radical (unpaired) electrons. The molecular formula is C16H15ClN2O. The molecule has 0 saturated heterocycles. The second kappa shape index (κ2) is 5.65. The summed E-state index contributed by atoms with van der Waals surface area (Å²) in [5, 5.41) is 0.760. The molecule has 4 heteroatoms. The van der Waals surface area contributed by atoms with E-state index in [0.29, 0.717) is 6.54 Å². The van der Waals surface area contributed by atoms with Crippen LogP contribution < -0.4 is 0 Å². The fraction of sp³-hybridized carbons (Fsp3) is 0.188. The molecule has 0 aliphatic heterocycles. The maximum atomic E-state index is 5.88. The molecule has 20 heavy (non-hydrogen) atoms. The van der Waals surface area contributed by atoms with E-state index in [4.69, 9.17) is 16.0 Å². The average molecular weight is 287 g/mol. The topological polar surface area (TPSA) is 29.3 Å². The summed E-state index contributed by atoms with van der Waals surface area (Å²) >= 11 is 5.88. The molecule has 0 amide bonds. The van der Waals surface area contributed by atoms with Gasteiger partial charge in [0.1, 0.15) is 5.52 Å². The van der Waals surface area contributed by atoms with Crippen LogP contribution in [0.1, 0.15) is 11.5 Å². The van der Waals surface area contributed by atoms with Crippen molar-refractivity contribution in [2.24, 2.45) is 0 Å². The van der Waals surface area contributed by atoms with Gasteiger partial charge in [0.15, 0.2) is 5.58 Å². The van der Waals surface area contributed by atoms with Crippen LogP contribution in [0.15, 0.2) is 52.9 Å². The molecular weight excluding hydrogens is 272 g/mol. The smallest absolute Gasteiger partial charge is 0.209 e. The van der Waals surface area contributed by atoms with E-state index in [0.717, 1.165) is 28.6 Å². The van der Waals surface area contributed by atoms with Gasteiger partial charge in [0.05, 0.1) is 6.54 Å². The summed E-state index contributed by atoms with van der Waals surface area (Å²) in [6.45, 7) is 1.51. The molecule has 0 saturated carbocycles.